The molecule has 0 heterocycles. The number of Topliss-reactive ketones (excluding diaryl/α,β-unsaturated/α-hetero) is 1. The minimum Gasteiger partial charge on any atom is -0.467 e. The van der Waals surface area contributed by atoms with E-state index in [1.54, 1.807) is 12.1 Å². The number of methoxy groups -OCH3 is 1. The van der Waals surface area contributed by atoms with Crippen molar-refractivity contribution < 1.29 is 23.9 Å². The molecule has 0 fully saturated rings. The highest BCUT2D eigenvalue weighted by atomic mass is 16.6. The van der Waals surface area contributed by atoms with E-state index in [0.717, 1.165) is 11.1 Å². The van der Waals surface area contributed by atoms with Crippen molar-refractivity contribution in [1.82, 2.24) is 5.32 Å². The average Bonchev–Trinajstić information content (AvgIpc) is 2.70. The lowest BCUT2D eigenvalue weighted by Gasteiger charge is -2.16. The van der Waals surface area contributed by atoms with Crippen molar-refractivity contribution in [2.45, 2.75) is 32.4 Å². The van der Waals surface area contributed by atoms with Gasteiger partial charge >= 0.3 is 12.1 Å². The van der Waals surface area contributed by atoms with E-state index >= 15 is 0 Å². The van der Waals surface area contributed by atoms with Gasteiger partial charge in [0.15, 0.2) is 5.78 Å². The van der Waals surface area contributed by atoms with Crippen molar-refractivity contribution in [2.24, 2.45) is 0 Å². The smallest absolute Gasteiger partial charge is 0.408 e. The van der Waals surface area contributed by atoms with Crippen LogP contribution in [0.15, 0.2) is 54.6 Å². The van der Waals surface area contributed by atoms with Gasteiger partial charge in [0, 0.05) is 12.0 Å². The zero-order chi connectivity index (χ0) is 19.6. The number of carbonyl (C=O) groups is 3. The molecule has 6 nitrogen and oxygen atoms in total. The maximum atomic E-state index is 12.3. The number of hydrogen-bond acceptors (Lipinski definition) is 5. The Bertz CT molecular complexity index is 771. The van der Waals surface area contributed by atoms with Crippen LogP contribution in [0.5, 0.6) is 0 Å². The molecule has 0 aliphatic carbocycles. The Morgan fingerprint density at radius 1 is 1.00 bits per heavy atom. The maximum absolute atomic E-state index is 12.3. The predicted octanol–water partition coefficient (Wildman–Crippen LogP) is 3.43. The van der Waals surface area contributed by atoms with Gasteiger partial charge in [-0.15, -0.1) is 0 Å². The van der Waals surface area contributed by atoms with Crippen LogP contribution >= 0.6 is 0 Å². The van der Waals surface area contributed by atoms with E-state index in [9.17, 15) is 14.4 Å². The summed E-state index contributed by atoms with van der Waals surface area (Å²) in [6.45, 7) is 2.02. The van der Waals surface area contributed by atoms with Gasteiger partial charge in [0.05, 0.1) is 7.11 Å². The van der Waals surface area contributed by atoms with Crippen LogP contribution in [-0.4, -0.2) is 31.0 Å². The first-order valence-corrected chi connectivity index (χ1v) is 8.64. The minimum atomic E-state index is -0.951. The Morgan fingerprint density at radius 2 is 1.67 bits per heavy atom. The molecule has 0 aliphatic rings. The molecule has 1 unspecified atom stereocenters. The first-order valence-electron chi connectivity index (χ1n) is 8.64. The van der Waals surface area contributed by atoms with Gasteiger partial charge in [-0.05, 0) is 18.9 Å². The predicted molar refractivity (Wildman–Crippen MR) is 100 cm³/mol. The van der Waals surface area contributed by atoms with Gasteiger partial charge in [-0.25, -0.2) is 9.59 Å². The lowest BCUT2D eigenvalue weighted by atomic mass is 10.0. The number of carbonyl (C=O) groups excluding carboxylic acids is 3. The lowest BCUT2D eigenvalue weighted by Crippen LogP contribution is -2.42. The summed E-state index contributed by atoms with van der Waals surface area (Å²) < 4.78 is 9.82. The molecular weight excluding hydrogens is 346 g/mol. The van der Waals surface area contributed by atoms with Crippen molar-refractivity contribution >= 4 is 17.8 Å². The molecule has 0 saturated heterocycles. The SMILES string of the molecule is COC(=O)C(CCC(=O)c1ccc(C)cc1)NC(=O)OCc1ccccc1. The van der Waals surface area contributed by atoms with E-state index in [1.165, 1.54) is 7.11 Å². The summed E-state index contributed by atoms with van der Waals surface area (Å²) in [7, 11) is 1.23. The van der Waals surface area contributed by atoms with Gasteiger partial charge in [0.1, 0.15) is 12.6 Å². The third kappa shape index (κ3) is 6.58. The fourth-order valence-electron chi connectivity index (χ4n) is 2.46. The normalized spacial score (nSPS) is 11.3. The van der Waals surface area contributed by atoms with Crippen LogP contribution in [0.3, 0.4) is 0 Å². The molecule has 1 N–H and O–H groups in total. The van der Waals surface area contributed by atoms with Crippen molar-refractivity contribution in [2.75, 3.05) is 7.11 Å². The molecule has 6 heteroatoms. The molecule has 2 rings (SSSR count). The van der Waals surface area contributed by atoms with Crippen molar-refractivity contribution in [3.05, 3.63) is 71.3 Å². The molecule has 27 heavy (non-hydrogen) atoms. The molecule has 1 atom stereocenters. The van der Waals surface area contributed by atoms with Gasteiger partial charge in [0.25, 0.3) is 0 Å². The Kier molecular flexibility index (Phi) is 7.55. The zero-order valence-electron chi connectivity index (χ0n) is 15.4. The van der Waals surface area contributed by atoms with E-state index in [0.29, 0.717) is 5.56 Å². The second-order valence-corrected chi connectivity index (χ2v) is 6.11. The van der Waals surface area contributed by atoms with E-state index in [2.05, 4.69) is 5.32 Å². The summed E-state index contributed by atoms with van der Waals surface area (Å²) in [5, 5.41) is 2.47. The molecule has 142 valence electrons. The molecule has 1 amide bonds. The van der Waals surface area contributed by atoms with Gasteiger partial charge in [-0.1, -0.05) is 60.2 Å². The monoisotopic (exact) mass is 369 g/mol. The number of amides is 1. The quantitative estimate of drug-likeness (QED) is 0.569. The van der Waals surface area contributed by atoms with Crippen LogP contribution in [-0.2, 0) is 20.9 Å². The highest BCUT2D eigenvalue weighted by Crippen LogP contribution is 2.10. The van der Waals surface area contributed by atoms with E-state index in [1.807, 2.05) is 49.4 Å². The summed E-state index contributed by atoms with van der Waals surface area (Å²) >= 11 is 0. The number of rotatable bonds is 8. The highest BCUT2D eigenvalue weighted by Gasteiger charge is 2.23. The van der Waals surface area contributed by atoms with Gasteiger partial charge < -0.3 is 14.8 Å². The number of esters is 1. The molecule has 0 aliphatic heterocycles. The molecular formula is C21H23NO5. The second kappa shape index (κ2) is 10.1. The number of aryl methyl sites for hydroxylation is 1. The standard InChI is InChI=1S/C21H23NO5/c1-15-8-10-17(11-9-15)19(23)13-12-18(20(24)26-2)22-21(25)27-14-16-6-4-3-5-7-16/h3-11,18H,12-14H2,1-2H3,(H,22,25). The van der Waals surface area contributed by atoms with Crippen LogP contribution in [0.1, 0.15) is 34.3 Å². The van der Waals surface area contributed by atoms with Crippen LogP contribution in [0.4, 0.5) is 4.79 Å². The largest absolute Gasteiger partial charge is 0.467 e. The summed E-state index contributed by atoms with van der Waals surface area (Å²) in [5.74, 6) is -0.730. The number of ketones is 1. The van der Waals surface area contributed by atoms with Gasteiger partial charge in [-0.3, -0.25) is 4.79 Å². The highest BCUT2D eigenvalue weighted by molar-refractivity contribution is 5.96. The van der Waals surface area contributed by atoms with Crippen LogP contribution in [0.25, 0.3) is 0 Å². The van der Waals surface area contributed by atoms with Gasteiger partial charge in [0.2, 0.25) is 0 Å². The van der Waals surface area contributed by atoms with Crippen molar-refractivity contribution in [3.8, 4) is 0 Å². The summed E-state index contributed by atoms with van der Waals surface area (Å²) in [5.41, 5.74) is 2.45. The molecule has 0 spiro atoms. The lowest BCUT2D eigenvalue weighted by molar-refractivity contribution is -0.143. The molecule has 2 aromatic rings. The summed E-state index contributed by atoms with van der Waals surface area (Å²) in [4.78, 5) is 36.2. The molecule has 2 aromatic carbocycles. The number of nitrogens with one attached hydrogen (secondary N) is 1. The Balaban J connectivity index is 1.88. The Labute approximate surface area is 158 Å². The molecule has 0 radical (unpaired) electrons. The fourth-order valence-corrected chi connectivity index (χ4v) is 2.46. The van der Waals surface area contributed by atoms with Gasteiger partial charge in [-0.2, -0.15) is 0 Å². The number of hydrogen-bond donors (Lipinski definition) is 1. The average molecular weight is 369 g/mol. The van der Waals surface area contributed by atoms with Crippen LogP contribution < -0.4 is 5.32 Å². The van der Waals surface area contributed by atoms with Crippen LogP contribution in [0, 0.1) is 6.92 Å². The third-order valence-electron chi connectivity index (χ3n) is 4.02. The first-order chi connectivity index (χ1) is 13.0. The van der Waals surface area contributed by atoms with E-state index < -0.39 is 18.1 Å². The Hall–Kier alpha value is -3.15. The third-order valence-corrected chi connectivity index (χ3v) is 4.02. The minimum absolute atomic E-state index is 0.0862. The Morgan fingerprint density at radius 3 is 2.30 bits per heavy atom. The first kappa shape index (κ1) is 20.2. The number of ether oxygens (including phenoxy) is 2. The molecule has 0 aromatic heterocycles. The fraction of sp³-hybridized carbons (Fsp3) is 0.286. The van der Waals surface area contributed by atoms with E-state index in [4.69, 9.17) is 9.47 Å². The van der Waals surface area contributed by atoms with Crippen molar-refractivity contribution in [3.63, 3.8) is 0 Å². The van der Waals surface area contributed by atoms with Crippen LogP contribution in [0.2, 0.25) is 0 Å². The summed E-state index contributed by atoms with van der Waals surface area (Å²) in [6, 6.07) is 15.4. The topological polar surface area (TPSA) is 81.7 Å². The number of alkyl carbamates (subject to hydrolysis) is 1. The van der Waals surface area contributed by atoms with E-state index in [-0.39, 0.29) is 25.2 Å². The number of benzene rings is 2. The summed E-state index contributed by atoms with van der Waals surface area (Å²) in [6.07, 6.45) is -0.515. The molecule has 0 bridgehead atoms. The maximum Gasteiger partial charge on any atom is 0.408 e. The molecule has 0 saturated carbocycles. The zero-order valence-corrected chi connectivity index (χ0v) is 15.4. The van der Waals surface area contributed by atoms with Crippen molar-refractivity contribution in [1.29, 1.82) is 0 Å². The second-order valence-electron chi connectivity index (χ2n) is 6.11.